The van der Waals surface area contributed by atoms with Crippen LogP contribution in [0, 0.1) is 0 Å². The van der Waals surface area contributed by atoms with Gasteiger partial charge in [-0.25, -0.2) is 0 Å². The topological polar surface area (TPSA) is 21.3 Å². The summed E-state index contributed by atoms with van der Waals surface area (Å²) >= 11 is 0. The standard InChI is InChI=1S/C19H33NO/c1-5-14-20-15-10-6-7-11-16-21-18-13-9-8-12-17(18)19(2,3)4/h8-9,12-13,20H,5-7,10-11,14-16H2,1-4H3. The molecule has 1 aromatic rings. The second-order valence-electron chi connectivity index (χ2n) is 6.76. The fourth-order valence-electron chi connectivity index (χ4n) is 2.40. The molecule has 1 aromatic carbocycles. The van der Waals surface area contributed by atoms with Gasteiger partial charge in [0.05, 0.1) is 6.61 Å². The van der Waals surface area contributed by atoms with Crippen molar-refractivity contribution in [3.8, 4) is 5.75 Å². The monoisotopic (exact) mass is 291 g/mol. The van der Waals surface area contributed by atoms with E-state index in [1.165, 1.54) is 31.2 Å². The molecule has 0 aliphatic rings. The van der Waals surface area contributed by atoms with Crippen LogP contribution < -0.4 is 10.1 Å². The minimum absolute atomic E-state index is 0.140. The van der Waals surface area contributed by atoms with Crippen molar-refractivity contribution in [1.82, 2.24) is 5.32 Å². The van der Waals surface area contributed by atoms with Gasteiger partial charge in [0.25, 0.3) is 0 Å². The van der Waals surface area contributed by atoms with E-state index in [1.807, 2.05) is 0 Å². The maximum absolute atomic E-state index is 5.99. The third-order valence-electron chi connectivity index (χ3n) is 3.63. The van der Waals surface area contributed by atoms with Gasteiger partial charge in [0, 0.05) is 0 Å². The van der Waals surface area contributed by atoms with E-state index in [-0.39, 0.29) is 5.41 Å². The van der Waals surface area contributed by atoms with Gasteiger partial charge < -0.3 is 10.1 Å². The molecule has 0 atom stereocenters. The average molecular weight is 291 g/mol. The van der Waals surface area contributed by atoms with E-state index in [0.29, 0.717) is 0 Å². The highest BCUT2D eigenvalue weighted by molar-refractivity contribution is 5.38. The fourth-order valence-corrected chi connectivity index (χ4v) is 2.40. The highest BCUT2D eigenvalue weighted by Crippen LogP contribution is 2.30. The molecule has 0 heterocycles. The summed E-state index contributed by atoms with van der Waals surface area (Å²) in [5.74, 6) is 1.05. The molecule has 0 aliphatic heterocycles. The summed E-state index contributed by atoms with van der Waals surface area (Å²) in [5.41, 5.74) is 1.44. The Kier molecular flexibility index (Phi) is 8.44. The van der Waals surface area contributed by atoms with Crippen LogP contribution in [0.3, 0.4) is 0 Å². The van der Waals surface area contributed by atoms with Crippen LogP contribution in [0.5, 0.6) is 5.75 Å². The zero-order valence-corrected chi connectivity index (χ0v) is 14.4. The van der Waals surface area contributed by atoms with E-state index in [1.54, 1.807) is 0 Å². The molecule has 0 amide bonds. The van der Waals surface area contributed by atoms with Crippen molar-refractivity contribution in [1.29, 1.82) is 0 Å². The van der Waals surface area contributed by atoms with Crippen molar-refractivity contribution < 1.29 is 4.74 Å². The van der Waals surface area contributed by atoms with E-state index in [9.17, 15) is 0 Å². The van der Waals surface area contributed by atoms with Crippen molar-refractivity contribution >= 4 is 0 Å². The van der Waals surface area contributed by atoms with E-state index >= 15 is 0 Å². The van der Waals surface area contributed by atoms with E-state index in [0.717, 1.165) is 31.9 Å². The lowest BCUT2D eigenvalue weighted by Crippen LogP contribution is -2.15. The number of para-hydroxylation sites is 1. The largest absolute Gasteiger partial charge is 0.493 e. The van der Waals surface area contributed by atoms with Gasteiger partial charge in [0.15, 0.2) is 0 Å². The predicted octanol–water partition coefficient (Wildman–Crippen LogP) is 4.92. The molecule has 120 valence electrons. The molecule has 0 unspecified atom stereocenters. The number of ether oxygens (including phenoxy) is 1. The number of unbranched alkanes of at least 4 members (excludes halogenated alkanes) is 3. The SMILES string of the molecule is CCCNCCCCCCOc1ccccc1C(C)(C)C. The number of rotatable bonds is 10. The van der Waals surface area contributed by atoms with Crippen LogP contribution in [0.25, 0.3) is 0 Å². The molecule has 0 fully saturated rings. The average Bonchev–Trinajstić information content (AvgIpc) is 2.45. The summed E-state index contributed by atoms with van der Waals surface area (Å²) < 4.78 is 5.99. The number of benzene rings is 1. The molecule has 2 nitrogen and oxygen atoms in total. The minimum atomic E-state index is 0.140. The molecule has 0 saturated heterocycles. The molecule has 0 aromatic heterocycles. The number of hydrogen-bond acceptors (Lipinski definition) is 2. The van der Waals surface area contributed by atoms with E-state index in [2.05, 4.69) is 57.3 Å². The van der Waals surface area contributed by atoms with Gasteiger partial charge in [-0.05, 0) is 49.4 Å². The predicted molar refractivity (Wildman–Crippen MR) is 92.3 cm³/mol. The Labute approximate surface area is 131 Å². The second-order valence-corrected chi connectivity index (χ2v) is 6.76. The zero-order valence-electron chi connectivity index (χ0n) is 14.4. The number of hydrogen-bond donors (Lipinski definition) is 1. The lowest BCUT2D eigenvalue weighted by atomic mass is 9.86. The van der Waals surface area contributed by atoms with Crippen LogP contribution >= 0.6 is 0 Å². The Morgan fingerprint density at radius 3 is 2.38 bits per heavy atom. The first-order valence-corrected chi connectivity index (χ1v) is 8.48. The first-order valence-electron chi connectivity index (χ1n) is 8.48. The highest BCUT2D eigenvalue weighted by atomic mass is 16.5. The lowest BCUT2D eigenvalue weighted by molar-refractivity contribution is 0.297. The van der Waals surface area contributed by atoms with Crippen LogP contribution in [0.15, 0.2) is 24.3 Å². The molecule has 0 saturated carbocycles. The Balaban J connectivity index is 2.19. The zero-order chi connectivity index (χ0) is 15.6. The second kappa shape index (κ2) is 9.83. The molecule has 0 radical (unpaired) electrons. The van der Waals surface area contributed by atoms with Crippen molar-refractivity contribution in [2.24, 2.45) is 0 Å². The smallest absolute Gasteiger partial charge is 0.123 e. The molecule has 1 N–H and O–H groups in total. The highest BCUT2D eigenvalue weighted by Gasteiger charge is 2.17. The summed E-state index contributed by atoms with van der Waals surface area (Å²) in [6.45, 7) is 12.0. The lowest BCUT2D eigenvalue weighted by Gasteiger charge is -2.22. The van der Waals surface area contributed by atoms with Crippen LogP contribution in [0.4, 0.5) is 0 Å². The van der Waals surface area contributed by atoms with Gasteiger partial charge in [0.2, 0.25) is 0 Å². The van der Waals surface area contributed by atoms with Crippen molar-refractivity contribution in [3.05, 3.63) is 29.8 Å². The van der Waals surface area contributed by atoms with Gasteiger partial charge in [-0.2, -0.15) is 0 Å². The van der Waals surface area contributed by atoms with Gasteiger partial charge in [-0.1, -0.05) is 58.7 Å². The number of nitrogens with one attached hydrogen (secondary N) is 1. The minimum Gasteiger partial charge on any atom is -0.493 e. The van der Waals surface area contributed by atoms with Gasteiger partial charge in [-0.3, -0.25) is 0 Å². The summed E-state index contributed by atoms with van der Waals surface area (Å²) in [6, 6.07) is 8.42. The van der Waals surface area contributed by atoms with Crippen LogP contribution in [0.2, 0.25) is 0 Å². The van der Waals surface area contributed by atoms with Gasteiger partial charge >= 0.3 is 0 Å². The Morgan fingerprint density at radius 1 is 0.952 bits per heavy atom. The summed E-state index contributed by atoms with van der Waals surface area (Å²) in [4.78, 5) is 0. The molecule has 21 heavy (non-hydrogen) atoms. The van der Waals surface area contributed by atoms with Crippen molar-refractivity contribution in [2.45, 2.75) is 65.2 Å². The Hall–Kier alpha value is -1.02. The maximum atomic E-state index is 5.99. The van der Waals surface area contributed by atoms with Crippen LogP contribution in [0.1, 0.15) is 65.4 Å². The molecule has 0 spiro atoms. The molecule has 0 aliphatic carbocycles. The van der Waals surface area contributed by atoms with E-state index in [4.69, 9.17) is 4.74 Å². The molecular formula is C19H33NO. The van der Waals surface area contributed by atoms with Crippen molar-refractivity contribution in [2.75, 3.05) is 19.7 Å². The molecule has 1 rings (SSSR count). The summed E-state index contributed by atoms with van der Waals surface area (Å²) in [6.07, 6.45) is 6.19. The van der Waals surface area contributed by atoms with Gasteiger partial charge in [0.1, 0.15) is 5.75 Å². The normalized spacial score (nSPS) is 11.6. The first kappa shape index (κ1) is 18.0. The summed E-state index contributed by atoms with van der Waals surface area (Å²) in [5, 5.41) is 3.44. The van der Waals surface area contributed by atoms with Gasteiger partial charge in [-0.15, -0.1) is 0 Å². The molecular weight excluding hydrogens is 258 g/mol. The third-order valence-corrected chi connectivity index (χ3v) is 3.63. The van der Waals surface area contributed by atoms with Crippen LogP contribution in [-0.2, 0) is 5.41 Å². The Morgan fingerprint density at radius 2 is 1.67 bits per heavy atom. The van der Waals surface area contributed by atoms with Crippen LogP contribution in [-0.4, -0.2) is 19.7 Å². The third kappa shape index (κ3) is 7.52. The maximum Gasteiger partial charge on any atom is 0.123 e. The summed E-state index contributed by atoms with van der Waals surface area (Å²) in [7, 11) is 0. The quantitative estimate of drug-likeness (QED) is 0.618. The van der Waals surface area contributed by atoms with Crippen molar-refractivity contribution in [3.63, 3.8) is 0 Å². The van der Waals surface area contributed by atoms with E-state index < -0.39 is 0 Å². The molecule has 0 bridgehead atoms. The molecule has 2 heteroatoms. The first-order chi connectivity index (χ1) is 10.1. The Bertz CT molecular complexity index is 381. The fraction of sp³-hybridized carbons (Fsp3) is 0.684.